The number of aromatic amines is 1. The van der Waals surface area contributed by atoms with Gasteiger partial charge in [0.25, 0.3) is 0 Å². The molecule has 1 amide bonds. The zero-order valence-electron chi connectivity index (χ0n) is 18.9. The Morgan fingerprint density at radius 2 is 1.63 bits per heavy atom. The number of aromatic nitrogens is 2. The summed E-state index contributed by atoms with van der Waals surface area (Å²) in [6.45, 7) is 1.97. The second kappa shape index (κ2) is 10.4. The van der Waals surface area contributed by atoms with E-state index in [1.54, 1.807) is 18.6 Å². The standard InChI is InChI=1S/C27H23N3O4S/c1-2-23(26(31)28-18-12-14-20(15-13-18)34-19-8-4-3-5-9-19)35-27-29-24(21-10-6-16-32-21)25(30-27)22-11-7-17-33-22/h3-17,23H,2H2,1H3,(H,28,31)(H,29,30). The van der Waals surface area contributed by atoms with E-state index in [-0.39, 0.29) is 11.2 Å². The maximum Gasteiger partial charge on any atom is 0.237 e. The van der Waals surface area contributed by atoms with Gasteiger partial charge in [0.15, 0.2) is 16.7 Å². The van der Waals surface area contributed by atoms with Crippen LogP contribution in [0.15, 0.2) is 105 Å². The van der Waals surface area contributed by atoms with E-state index in [0.717, 1.165) is 5.75 Å². The highest BCUT2D eigenvalue weighted by atomic mass is 32.2. The number of hydrogen-bond acceptors (Lipinski definition) is 6. The molecule has 5 rings (SSSR count). The van der Waals surface area contributed by atoms with Crippen molar-refractivity contribution in [2.45, 2.75) is 23.8 Å². The van der Waals surface area contributed by atoms with Crippen molar-refractivity contribution in [3.63, 3.8) is 0 Å². The first-order valence-electron chi connectivity index (χ1n) is 11.2. The Kier molecular flexibility index (Phi) is 6.72. The van der Waals surface area contributed by atoms with Gasteiger partial charge in [-0.25, -0.2) is 4.98 Å². The Morgan fingerprint density at radius 1 is 0.943 bits per heavy atom. The summed E-state index contributed by atoms with van der Waals surface area (Å²) >= 11 is 1.36. The molecule has 8 heteroatoms. The number of nitrogens with zero attached hydrogens (tertiary/aromatic N) is 1. The van der Waals surface area contributed by atoms with E-state index < -0.39 is 0 Å². The number of anilines is 1. The molecule has 35 heavy (non-hydrogen) atoms. The molecule has 176 valence electrons. The summed E-state index contributed by atoms with van der Waals surface area (Å²) in [7, 11) is 0. The lowest BCUT2D eigenvalue weighted by atomic mass is 10.2. The molecule has 1 unspecified atom stereocenters. The summed E-state index contributed by atoms with van der Waals surface area (Å²) < 4.78 is 16.9. The smallest absolute Gasteiger partial charge is 0.237 e. The molecule has 0 saturated heterocycles. The molecule has 0 aliphatic heterocycles. The molecule has 0 fully saturated rings. The van der Waals surface area contributed by atoms with Crippen molar-refractivity contribution in [3.05, 3.63) is 91.4 Å². The number of nitrogens with one attached hydrogen (secondary N) is 2. The Labute approximate surface area is 206 Å². The van der Waals surface area contributed by atoms with Crippen LogP contribution in [0.1, 0.15) is 13.3 Å². The molecule has 7 nitrogen and oxygen atoms in total. The van der Waals surface area contributed by atoms with Gasteiger partial charge in [-0.05, 0) is 67.1 Å². The Bertz CT molecular complexity index is 1310. The highest BCUT2D eigenvalue weighted by Crippen LogP contribution is 2.35. The number of amides is 1. The largest absolute Gasteiger partial charge is 0.463 e. The monoisotopic (exact) mass is 485 g/mol. The molecular weight excluding hydrogens is 462 g/mol. The van der Waals surface area contributed by atoms with Crippen molar-refractivity contribution in [2.24, 2.45) is 0 Å². The first-order chi connectivity index (χ1) is 17.2. The summed E-state index contributed by atoms with van der Waals surface area (Å²) in [6, 6.07) is 24.2. The van der Waals surface area contributed by atoms with Gasteiger partial charge in [0, 0.05) is 5.69 Å². The van der Waals surface area contributed by atoms with Gasteiger partial charge in [0.05, 0.1) is 17.8 Å². The van der Waals surface area contributed by atoms with Crippen molar-refractivity contribution < 1.29 is 18.4 Å². The molecule has 0 aliphatic carbocycles. The lowest BCUT2D eigenvalue weighted by molar-refractivity contribution is -0.115. The minimum Gasteiger partial charge on any atom is -0.463 e. The van der Waals surface area contributed by atoms with Crippen LogP contribution in [0.5, 0.6) is 11.5 Å². The number of furan rings is 2. The third-order valence-corrected chi connectivity index (χ3v) is 6.47. The molecule has 0 saturated carbocycles. The van der Waals surface area contributed by atoms with Gasteiger partial charge in [-0.15, -0.1) is 0 Å². The summed E-state index contributed by atoms with van der Waals surface area (Å²) in [6.07, 6.45) is 3.83. The lowest BCUT2D eigenvalue weighted by Crippen LogP contribution is -2.24. The predicted molar refractivity (Wildman–Crippen MR) is 136 cm³/mol. The number of hydrogen-bond donors (Lipinski definition) is 2. The number of imidazole rings is 1. The number of rotatable bonds is 9. The van der Waals surface area contributed by atoms with Crippen LogP contribution in [0.3, 0.4) is 0 Å². The Morgan fingerprint density at radius 3 is 2.29 bits per heavy atom. The van der Waals surface area contributed by atoms with Gasteiger partial charge >= 0.3 is 0 Å². The van der Waals surface area contributed by atoms with Crippen molar-refractivity contribution >= 4 is 23.4 Å². The third-order valence-electron chi connectivity index (χ3n) is 5.22. The van der Waals surface area contributed by atoms with Crippen LogP contribution >= 0.6 is 11.8 Å². The second-order valence-electron chi connectivity index (χ2n) is 7.66. The number of carbonyl (C=O) groups is 1. The molecule has 0 radical (unpaired) electrons. The summed E-state index contributed by atoms with van der Waals surface area (Å²) in [4.78, 5) is 21.0. The molecule has 3 aromatic heterocycles. The zero-order valence-corrected chi connectivity index (χ0v) is 19.7. The fraction of sp³-hybridized carbons (Fsp3) is 0.111. The van der Waals surface area contributed by atoms with Gasteiger partial charge in [-0.3, -0.25) is 4.79 Å². The van der Waals surface area contributed by atoms with E-state index in [0.29, 0.717) is 45.9 Å². The van der Waals surface area contributed by atoms with Crippen LogP contribution in [0.25, 0.3) is 22.9 Å². The molecule has 1 atom stereocenters. The van der Waals surface area contributed by atoms with E-state index >= 15 is 0 Å². The van der Waals surface area contributed by atoms with Crippen LogP contribution in [-0.4, -0.2) is 21.1 Å². The fourth-order valence-electron chi connectivity index (χ4n) is 3.51. The van der Waals surface area contributed by atoms with Gasteiger partial charge in [0.2, 0.25) is 5.91 Å². The highest BCUT2D eigenvalue weighted by molar-refractivity contribution is 8.00. The molecule has 0 bridgehead atoms. The van der Waals surface area contributed by atoms with E-state index in [1.807, 2.05) is 79.7 Å². The molecule has 2 N–H and O–H groups in total. The van der Waals surface area contributed by atoms with Gasteiger partial charge in [-0.2, -0.15) is 0 Å². The first-order valence-corrected chi connectivity index (χ1v) is 12.1. The van der Waals surface area contributed by atoms with Crippen LogP contribution in [0.4, 0.5) is 5.69 Å². The van der Waals surface area contributed by atoms with Crippen molar-refractivity contribution in [1.29, 1.82) is 0 Å². The predicted octanol–water partition coefficient (Wildman–Crippen LogP) is 7.23. The average Bonchev–Trinajstić information content (AvgIpc) is 3.66. The van der Waals surface area contributed by atoms with Crippen molar-refractivity contribution in [1.82, 2.24) is 9.97 Å². The summed E-state index contributed by atoms with van der Waals surface area (Å²) in [5, 5.41) is 3.24. The fourth-order valence-corrected chi connectivity index (χ4v) is 4.42. The minimum absolute atomic E-state index is 0.107. The molecule has 0 aliphatic rings. The van der Waals surface area contributed by atoms with E-state index in [2.05, 4.69) is 10.3 Å². The summed E-state index contributed by atoms with van der Waals surface area (Å²) in [5.74, 6) is 2.61. The number of thioether (sulfide) groups is 1. The van der Waals surface area contributed by atoms with E-state index in [9.17, 15) is 4.79 Å². The number of para-hydroxylation sites is 1. The SMILES string of the molecule is CCC(Sc1nc(-c2ccco2)c(-c2ccco2)[nH]1)C(=O)Nc1ccc(Oc2ccccc2)cc1. The molecule has 5 aromatic rings. The van der Waals surface area contributed by atoms with Gasteiger partial charge < -0.3 is 23.9 Å². The van der Waals surface area contributed by atoms with Crippen molar-refractivity contribution in [2.75, 3.05) is 5.32 Å². The number of carbonyl (C=O) groups excluding carboxylic acids is 1. The molecule has 2 aromatic carbocycles. The number of H-pyrrole nitrogens is 1. The average molecular weight is 486 g/mol. The van der Waals surface area contributed by atoms with Crippen molar-refractivity contribution in [3.8, 4) is 34.4 Å². The van der Waals surface area contributed by atoms with Crippen LogP contribution in [-0.2, 0) is 4.79 Å². The number of benzene rings is 2. The normalized spacial score (nSPS) is 11.8. The highest BCUT2D eigenvalue weighted by Gasteiger charge is 2.23. The lowest BCUT2D eigenvalue weighted by Gasteiger charge is -2.14. The van der Waals surface area contributed by atoms with Crippen LogP contribution < -0.4 is 10.1 Å². The van der Waals surface area contributed by atoms with Gasteiger partial charge in [-0.1, -0.05) is 36.9 Å². The summed E-state index contributed by atoms with van der Waals surface area (Å²) in [5.41, 5.74) is 2.04. The molecule has 3 heterocycles. The van der Waals surface area contributed by atoms with Crippen LogP contribution in [0, 0.1) is 0 Å². The zero-order chi connectivity index (χ0) is 24.0. The number of ether oxygens (including phenoxy) is 1. The quantitative estimate of drug-likeness (QED) is 0.214. The third kappa shape index (κ3) is 5.33. The molecular formula is C27H23N3O4S. The Balaban J connectivity index is 1.28. The minimum atomic E-state index is -0.352. The first kappa shape index (κ1) is 22.6. The Hall–Kier alpha value is -4.17. The topological polar surface area (TPSA) is 93.3 Å². The maximum atomic E-state index is 13.0. The van der Waals surface area contributed by atoms with Gasteiger partial charge in [0.1, 0.15) is 22.9 Å². The van der Waals surface area contributed by atoms with Crippen LogP contribution in [0.2, 0.25) is 0 Å². The second-order valence-corrected chi connectivity index (χ2v) is 8.86. The maximum absolute atomic E-state index is 13.0. The van der Waals surface area contributed by atoms with E-state index in [1.165, 1.54) is 11.8 Å². The van der Waals surface area contributed by atoms with E-state index in [4.69, 9.17) is 18.6 Å². The molecule has 0 spiro atoms.